The maximum absolute atomic E-state index is 13.5. The van der Waals surface area contributed by atoms with E-state index in [1.54, 1.807) is 6.92 Å². The molecule has 8 nitrogen and oxygen atoms in total. The van der Waals surface area contributed by atoms with Gasteiger partial charge in [-0.2, -0.15) is 35.1 Å². The van der Waals surface area contributed by atoms with Crippen molar-refractivity contribution < 1.29 is 59.7 Å². The highest BCUT2D eigenvalue weighted by Gasteiger charge is 2.71. The van der Waals surface area contributed by atoms with Crippen LogP contribution in [0.5, 0.6) is 5.75 Å². The van der Waals surface area contributed by atoms with E-state index < -0.39 is 69.6 Å². The molecule has 1 atom stereocenters. The fourth-order valence-electron chi connectivity index (χ4n) is 4.10. The Morgan fingerprint density at radius 1 is 1.15 bits per heavy atom. The van der Waals surface area contributed by atoms with Gasteiger partial charge in [0.05, 0.1) is 10.5 Å². The van der Waals surface area contributed by atoms with E-state index in [0.717, 1.165) is 0 Å². The van der Waals surface area contributed by atoms with Gasteiger partial charge in [-0.15, -0.1) is 11.3 Å². The highest BCUT2D eigenvalue weighted by atomic mass is 32.1. The van der Waals surface area contributed by atoms with Crippen molar-refractivity contribution in [3.05, 3.63) is 34.5 Å². The first kappa shape index (κ1) is 32.5. The molecule has 1 aromatic carbocycles. The second kappa shape index (κ2) is 11.3. The van der Waals surface area contributed by atoms with Crippen LogP contribution < -0.4 is 10.1 Å². The SMILES string of the molecule is C[C@H]1CCCN1C(=O)c1nc(C(=O)NCC(C)(C)O)sc1-c1ccc(C(O)(C(F)(F)F)C(F)(F)F)cc1OC(F)F. The van der Waals surface area contributed by atoms with Gasteiger partial charge in [-0.25, -0.2) is 4.98 Å². The Morgan fingerprint density at radius 2 is 1.76 bits per heavy atom. The van der Waals surface area contributed by atoms with E-state index in [-0.39, 0.29) is 36.1 Å². The third-order valence-electron chi connectivity index (χ3n) is 6.20. The molecule has 1 aliphatic rings. The summed E-state index contributed by atoms with van der Waals surface area (Å²) < 4.78 is 112. The largest absolute Gasteiger partial charge is 0.434 e. The van der Waals surface area contributed by atoms with Crippen molar-refractivity contribution in [1.82, 2.24) is 15.2 Å². The normalized spacial score (nSPS) is 16.8. The lowest BCUT2D eigenvalue weighted by atomic mass is 9.90. The van der Waals surface area contributed by atoms with Gasteiger partial charge in [-0.3, -0.25) is 9.59 Å². The van der Waals surface area contributed by atoms with Gasteiger partial charge in [0.25, 0.3) is 17.4 Å². The standard InChI is InChI=1S/C24H25F8N3O5S/c1-11-5-4-8-35(11)19(37)15-16(41-18(34-15)17(36)33-10-21(2,3)38)13-7-6-12(9-14(13)40-20(25)26)22(39,23(27,28)29)24(30,31)32/h6-7,9,11,20,38-39H,4-5,8,10H2,1-3H3,(H,33,36)/t11-/m0/s1. The zero-order valence-electron chi connectivity index (χ0n) is 21.7. The van der Waals surface area contributed by atoms with Gasteiger partial charge in [0, 0.05) is 30.3 Å². The molecule has 2 aromatic rings. The summed E-state index contributed by atoms with van der Waals surface area (Å²) in [6.07, 6.45) is -11.4. The number of nitrogens with zero attached hydrogens (tertiary/aromatic N) is 2. The maximum atomic E-state index is 13.5. The number of halogens is 8. The van der Waals surface area contributed by atoms with E-state index in [4.69, 9.17) is 0 Å². The van der Waals surface area contributed by atoms with Crippen molar-refractivity contribution in [2.75, 3.05) is 13.1 Å². The highest BCUT2D eigenvalue weighted by molar-refractivity contribution is 7.17. The van der Waals surface area contributed by atoms with Crippen molar-refractivity contribution in [1.29, 1.82) is 0 Å². The number of aromatic nitrogens is 1. The highest BCUT2D eigenvalue weighted by Crippen LogP contribution is 2.51. The Bertz CT molecular complexity index is 1280. The molecule has 17 heteroatoms. The number of carbonyl (C=O) groups is 2. The monoisotopic (exact) mass is 619 g/mol. The summed E-state index contributed by atoms with van der Waals surface area (Å²) >= 11 is 0.441. The number of alkyl halides is 8. The molecule has 228 valence electrons. The summed E-state index contributed by atoms with van der Waals surface area (Å²) in [4.78, 5) is 31.2. The first-order chi connectivity index (χ1) is 18.7. The molecular formula is C24H25F8N3O5S. The molecule has 2 heterocycles. The summed E-state index contributed by atoms with van der Waals surface area (Å²) in [5, 5.41) is 21.6. The summed E-state index contributed by atoms with van der Waals surface area (Å²) in [6, 6.07) is 0.390. The quantitative estimate of drug-likeness (QED) is 0.365. The number of likely N-dealkylation sites (tertiary alicyclic amines) is 1. The lowest BCUT2D eigenvalue weighted by molar-refractivity contribution is -0.376. The Hall–Kier alpha value is -3.05. The maximum Gasteiger partial charge on any atom is 0.430 e. The molecule has 2 amide bonds. The number of aliphatic hydroxyl groups is 2. The van der Waals surface area contributed by atoms with Crippen LogP contribution in [0.25, 0.3) is 10.4 Å². The van der Waals surface area contributed by atoms with Gasteiger partial charge in [0.1, 0.15) is 11.4 Å². The second-order valence-electron chi connectivity index (χ2n) is 9.98. The smallest absolute Gasteiger partial charge is 0.430 e. The van der Waals surface area contributed by atoms with E-state index in [2.05, 4.69) is 15.0 Å². The van der Waals surface area contributed by atoms with Gasteiger partial charge >= 0.3 is 19.0 Å². The van der Waals surface area contributed by atoms with Crippen LogP contribution in [0.3, 0.4) is 0 Å². The molecule has 0 aliphatic carbocycles. The minimum absolute atomic E-state index is 0.0526. The van der Waals surface area contributed by atoms with Crippen LogP contribution in [-0.2, 0) is 5.60 Å². The number of benzene rings is 1. The van der Waals surface area contributed by atoms with Gasteiger partial charge < -0.3 is 25.2 Å². The Kier molecular flexibility index (Phi) is 8.96. The molecular weight excluding hydrogens is 594 g/mol. The van der Waals surface area contributed by atoms with Gasteiger partial charge in [0.2, 0.25) is 0 Å². The number of rotatable bonds is 8. The van der Waals surface area contributed by atoms with Crippen LogP contribution >= 0.6 is 11.3 Å². The summed E-state index contributed by atoms with van der Waals surface area (Å²) in [5.41, 5.74) is -9.73. The molecule has 1 aliphatic heterocycles. The van der Waals surface area contributed by atoms with Crippen LogP contribution in [-0.4, -0.2) is 75.6 Å². The van der Waals surface area contributed by atoms with E-state index in [1.807, 2.05) is 0 Å². The van der Waals surface area contributed by atoms with Crippen molar-refractivity contribution >= 4 is 23.2 Å². The van der Waals surface area contributed by atoms with Crippen LogP contribution in [0.15, 0.2) is 18.2 Å². The molecule has 1 aromatic heterocycles. The van der Waals surface area contributed by atoms with Crippen molar-refractivity contribution in [3.8, 4) is 16.2 Å². The Labute approximate surface area is 231 Å². The first-order valence-electron chi connectivity index (χ1n) is 11.9. The lowest BCUT2D eigenvalue weighted by Gasteiger charge is -2.33. The minimum atomic E-state index is -6.31. The molecule has 1 saturated heterocycles. The van der Waals surface area contributed by atoms with Crippen LogP contribution in [0.1, 0.15) is 59.5 Å². The minimum Gasteiger partial charge on any atom is -0.434 e. The number of carbonyl (C=O) groups excluding carboxylic acids is 2. The molecule has 0 radical (unpaired) electrons. The first-order valence-corrected chi connectivity index (χ1v) is 12.8. The average Bonchev–Trinajstić information content (AvgIpc) is 3.46. The van der Waals surface area contributed by atoms with Crippen molar-refractivity contribution in [3.63, 3.8) is 0 Å². The molecule has 0 bridgehead atoms. The van der Waals surface area contributed by atoms with E-state index in [9.17, 15) is 54.9 Å². The fourth-order valence-corrected chi connectivity index (χ4v) is 5.11. The van der Waals surface area contributed by atoms with Crippen LogP contribution in [0.2, 0.25) is 0 Å². The molecule has 3 rings (SSSR count). The van der Waals surface area contributed by atoms with E-state index >= 15 is 0 Å². The third-order valence-corrected chi connectivity index (χ3v) is 7.29. The number of hydrogen-bond donors (Lipinski definition) is 3. The van der Waals surface area contributed by atoms with E-state index in [0.29, 0.717) is 30.2 Å². The number of hydrogen-bond acceptors (Lipinski definition) is 7. The Balaban J connectivity index is 2.23. The predicted molar refractivity (Wildman–Crippen MR) is 129 cm³/mol. The van der Waals surface area contributed by atoms with Gasteiger partial charge in [0.15, 0.2) is 5.01 Å². The number of nitrogens with one attached hydrogen (secondary N) is 1. The lowest BCUT2D eigenvalue weighted by Crippen LogP contribution is -2.53. The van der Waals surface area contributed by atoms with Crippen molar-refractivity contribution in [2.45, 2.75) is 69.8 Å². The second-order valence-corrected chi connectivity index (χ2v) is 11.0. The third kappa shape index (κ3) is 6.72. The van der Waals surface area contributed by atoms with Crippen LogP contribution in [0.4, 0.5) is 35.1 Å². The number of ether oxygens (including phenoxy) is 1. The zero-order chi connectivity index (χ0) is 31.1. The molecule has 0 saturated carbocycles. The van der Waals surface area contributed by atoms with Crippen LogP contribution in [0, 0.1) is 0 Å². The van der Waals surface area contributed by atoms with Gasteiger partial charge in [-0.1, -0.05) is 6.07 Å². The molecule has 1 fully saturated rings. The van der Waals surface area contributed by atoms with Crippen molar-refractivity contribution in [2.24, 2.45) is 0 Å². The molecule has 0 spiro atoms. The topological polar surface area (TPSA) is 112 Å². The van der Waals surface area contributed by atoms with E-state index in [1.165, 1.54) is 18.7 Å². The molecule has 0 unspecified atom stereocenters. The number of thiazole rings is 1. The summed E-state index contributed by atoms with van der Waals surface area (Å²) in [6.45, 7) is 0.721. The predicted octanol–water partition coefficient (Wildman–Crippen LogP) is 4.85. The summed E-state index contributed by atoms with van der Waals surface area (Å²) in [5.74, 6) is -2.90. The molecule has 41 heavy (non-hydrogen) atoms. The summed E-state index contributed by atoms with van der Waals surface area (Å²) in [7, 11) is 0. The Morgan fingerprint density at radius 3 is 2.24 bits per heavy atom. The van der Waals surface area contributed by atoms with Gasteiger partial charge in [-0.05, 0) is 45.7 Å². The average molecular weight is 620 g/mol. The molecule has 3 N–H and O–H groups in total. The number of amides is 2. The zero-order valence-corrected chi connectivity index (χ0v) is 22.5. The fraction of sp³-hybridized carbons (Fsp3) is 0.542.